The Morgan fingerprint density at radius 3 is 2.77 bits per heavy atom. The molecule has 1 aromatic carbocycles. The quantitative estimate of drug-likeness (QED) is 0.715. The van der Waals surface area contributed by atoms with Crippen molar-refractivity contribution in [2.75, 3.05) is 6.61 Å². The van der Waals surface area contributed by atoms with Crippen LogP contribution in [0.25, 0.3) is 10.8 Å². The second-order valence-electron chi connectivity index (χ2n) is 4.97. The third-order valence-corrected chi connectivity index (χ3v) is 3.20. The largest absolute Gasteiger partial charge is 0.490 e. The Hall–Kier alpha value is -1.98. The van der Waals surface area contributed by atoms with Crippen LogP contribution in [0.2, 0.25) is 0 Å². The van der Waals surface area contributed by atoms with Gasteiger partial charge in [0.2, 0.25) is 6.43 Å². The minimum absolute atomic E-state index is 0.0357. The molecular weight excluding hydrogens is 297 g/mol. The number of benzene rings is 1. The van der Waals surface area contributed by atoms with E-state index in [0.29, 0.717) is 17.6 Å². The second kappa shape index (κ2) is 7.33. The number of rotatable bonds is 7. The van der Waals surface area contributed by atoms with E-state index < -0.39 is 17.9 Å². The van der Waals surface area contributed by atoms with E-state index in [9.17, 15) is 18.0 Å². The third-order valence-electron chi connectivity index (χ3n) is 3.20. The highest BCUT2D eigenvalue weighted by atomic mass is 19.3. The Morgan fingerprint density at radius 1 is 1.32 bits per heavy atom. The molecular formula is C16H17F3O3. The van der Waals surface area contributed by atoms with Gasteiger partial charge in [0.05, 0.1) is 6.61 Å². The number of alkyl halides is 2. The number of aryl methyl sites for hydroxylation is 1. The maximum atomic E-state index is 14.3. The first-order chi connectivity index (χ1) is 10.5. The van der Waals surface area contributed by atoms with Gasteiger partial charge in [0, 0.05) is 12.8 Å². The molecule has 0 amide bonds. The van der Waals surface area contributed by atoms with Crippen LogP contribution < -0.4 is 10.4 Å². The Labute approximate surface area is 125 Å². The molecule has 0 bridgehead atoms. The van der Waals surface area contributed by atoms with E-state index in [1.54, 1.807) is 12.1 Å². The van der Waals surface area contributed by atoms with Crippen molar-refractivity contribution in [3.8, 4) is 5.75 Å². The molecule has 120 valence electrons. The maximum absolute atomic E-state index is 14.3. The van der Waals surface area contributed by atoms with Gasteiger partial charge in [-0.15, -0.1) is 0 Å². The van der Waals surface area contributed by atoms with Gasteiger partial charge in [0.15, 0.2) is 11.6 Å². The summed E-state index contributed by atoms with van der Waals surface area (Å²) in [4.78, 5) is 11.9. The van der Waals surface area contributed by atoms with Crippen molar-refractivity contribution in [2.24, 2.45) is 0 Å². The van der Waals surface area contributed by atoms with Gasteiger partial charge in [-0.05, 0) is 30.4 Å². The number of hydrogen-bond acceptors (Lipinski definition) is 3. The Morgan fingerprint density at radius 2 is 2.09 bits per heavy atom. The van der Waals surface area contributed by atoms with E-state index in [1.807, 2.05) is 6.92 Å². The minimum atomic E-state index is -2.41. The van der Waals surface area contributed by atoms with Crippen molar-refractivity contribution in [1.29, 1.82) is 0 Å². The van der Waals surface area contributed by atoms with Crippen LogP contribution in [-0.2, 0) is 6.42 Å². The predicted octanol–water partition coefficient (Wildman–Crippen LogP) is 4.31. The lowest BCUT2D eigenvalue weighted by Gasteiger charge is -2.09. The van der Waals surface area contributed by atoms with E-state index in [-0.39, 0.29) is 30.6 Å². The monoisotopic (exact) mass is 314 g/mol. The number of halogens is 3. The summed E-state index contributed by atoms with van der Waals surface area (Å²) in [5.41, 5.74) is -0.753. The molecule has 0 saturated carbocycles. The topological polar surface area (TPSA) is 39.4 Å². The molecule has 0 aliphatic rings. The lowest BCUT2D eigenvalue weighted by molar-refractivity contribution is 0.126. The van der Waals surface area contributed by atoms with Gasteiger partial charge in [0.25, 0.3) is 0 Å². The first-order valence-electron chi connectivity index (χ1n) is 7.19. The molecule has 2 rings (SSSR count). The Kier molecular flexibility index (Phi) is 5.46. The van der Waals surface area contributed by atoms with Gasteiger partial charge in [-0.25, -0.2) is 18.0 Å². The Bertz CT molecular complexity index is 695. The van der Waals surface area contributed by atoms with E-state index in [0.717, 1.165) is 6.42 Å². The second-order valence-corrected chi connectivity index (χ2v) is 4.97. The molecule has 0 atom stereocenters. The fraction of sp³-hybridized carbons (Fsp3) is 0.438. The van der Waals surface area contributed by atoms with Crippen LogP contribution in [0.15, 0.2) is 27.4 Å². The van der Waals surface area contributed by atoms with Crippen LogP contribution in [0.1, 0.15) is 31.9 Å². The molecule has 0 N–H and O–H groups in total. The zero-order valence-electron chi connectivity index (χ0n) is 12.2. The SMILES string of the molecule is CCCc1cc2ccc(OCCCC(F)F)c(F)c2c(=O)o1. The maximum Gasteiger partial charge on any atom is 0.346 e. The summed E-state index contributed by atoms with van der Waals surface area (Å²) in [7, 11) is 0. The molecule has 6 heteroatoms. The van der Waals surface area contributed by atoms with Crippen molar-refractivity contribution >= 4 is 10.8 Å². The number of ether oxygens (including phenoxy) is 1. The predicted molar refractivity (Wildman–Crippen MR) is 77.2 cm³/mol. The molecule has 0 unspecified atom stereocenters. The molecule has 0 aliphatic heterocycles. The molecule has 0 fully saturated rings. The highest BCUT2D eigenvalue weighted by molar-refractivity contribution is 5.83. The van der Waals surface area contributed by atoms with Crippen molar-refractivity contribution in [1.82, 2.24) is 0 Å². The zero-order chi connectivity index (χ0) is 16.1. The summed E-state index contributed by atoms with van der Waals surface area (Å²) in [6, 6.07) is 4.59. The van der Waals surface area contributed by atoms with Crippen LogP contribution in [0.5, 0.6) is 5.75 Å². The highest BCUT2D eigenvalue weighted by Crippen LogP contribution is 2.25. The standard InChI is InChI=1S/C16H17F3O3/c1-2-4-11-9-10-6-7-12(21-8-3-5-13(17)18)15(19)14(10)16(20)22-11/h6-7,9,13H,2-5,8H2,1H3. The minimum Gasteiger partial charge on any atom is -0.490 e. The average molecular weight is 314 g/mol. The molecule has 0 saturated heterocycles. The molecule has 0 radical (unpaired) electrons. The van der Waals surface area contributed by atoms with Crippen molar-refractivity contribution in [3.05, 3.63) is 40.2 Å². The summed E-state index contributed by atoms with van der Waals surface area (Å²) >= 11 is 0. The lowest BCUT2D eigenvalue weighted by atomic mass is 10.1. The van der Waals surface area contributed by atoms with Gasteiger partial charge >= 0.3 is 5.63 Å². The smallest absolute Gasteiger partial charge is 0.346 e. The van der Waals surface area contributed by atoms with Crippen LogP contribution in [-0.4, -0.2) is 13.0 Å². The van der Waals surface area contributed by atoms with E-state index in [4.69, 9.17) is 9.15 Å². The lowest BCUT2D eigenvalue weighted by Crippen LogP contribution is -2.07. The summed E-state index contributed by atoms with van der Waals surface area (Å²) in [5.74, 6) is -0.436. The van der Waals surface area contributed by atoms with Gasteiger partial charge in [0.1, 0.15) is 11.1 Å². The van der Waals surface area contributed by atoms with Gasteiger partial charge < -0.3 is 9.15 Å². The summed E-state index contributed by atoms with van der Waals surface area (Å²) in [6.45, 7) is 1.91. The van der Waals surface area contributed by atoms with Crippen LogP contribution in [0, 0.1) is 5.82 Å². The van der Waals surface area contributed by atoms with Crippen molar-refractivity contribution < 1.29 is 22.3 Å². The molecule has 2 aromatic rings. The number of hydrogen-bond donors (Lipinski definition) is 0. The fourth-order valence-electron chi connectivity index (χ4n) is 2.17. The van der Waals surface area contributed by atoms with Crippen LogP contribution >= 0.6 is 0 Å². The number of fused-ring (bicyclic) bond motifs is 1. The summed E-state index contributed by atoms with van der Waals surface area (Å²) in [6.07, 6.45) is -1.20. The third kappa shape index (κ3) is 3.81. The van der Waals surface area contributed by atoms with Crippen molar-refractivity contribution in [2.45, 2.75) is 39.0 Å². The summed E-state index contributed by atoms with van der Waals surface area (Å²) < 4.78 is 48.5. The van der Waals surface area contributed by atoms with Gasteiger partial charge in [-0.2, -0.15) is 0 Å². The molecule has 0 spiro atoms. The normalized spacial score (nSPS) is 11.3. The van der Waals surface area contributed by atoms with E-state index in [1.165, 1.54) is 6.07 Å². The van der Waals surface area contributed by atoms with Gasteiger partial charge in [-0.3, -0.25) is 0 Å². The molecule has 1 heterocycles. The van der Waals surface area contributed by atoms with Crippen LogP contribution in [0.4, 0.5) is 13.2 Å². The zero-order valence-corrected chi connectivity index (χ0v) is 12.2. The first-order valence-corrected chi connectivity index (χ1v) is 7.19. The van der Waals surface area contributed by atoms with Crippen LogP contribution in [0.3, 0.4) is 0 Å². The fourth-order valence-corrected chi connectivity index (χ4v) is 2.17. The molecule has 0 aliphatic carbocycles. The highest BCUT2D eigenvalue weighted by Gasteiger charge is 2.14. The van der Waals surface area contributed by atoms with Crippen molar-refractivity contribution in [3.63, 3.8) is 0 Å². The molecule has 22 heavy (non-hydrogen) atoms. The van der Waals surface area contributed by atoms with E-state index >= 15 is 0 Å². The van der Waals surface area contributed by atoms with E-state index in [2.05, 4.69) is 0 Å². The molecule has 1 aromatic heterocycles. The first kappa shape index (κ1) is 16.4. The summed E-state index contributed by atoms with van der Waals surface area (Å²) in [5, 5.41) is 0.267. The Balaban J connectivity index is 2.24. The molecule has 3 nitrogen and oxygen atoms in total. The van der Waals surface area contributed by atoms with Gasteiger partial charge in [-0.1, -0.05) is 13.0 Å². The average Bonchev–Trinajstić information content (AvgIpc) is 2.45.